The van der Waals surface area contributed by atoms with E-state index in [1.54, 1.807) is 0 Å². The van der Waals surface area contributed by atoms with E-state index in [9.17, 15) is 10.1 Å². The summed E-state index contributed by atoms with van der Waals surface area (Å²) in [4.78, 5) is 10.6. The fourth-order valence-corrected chi connectivity index (χ4v) is 2.05. The largest absolute Gasteiger partial charge is 0.406 e. The minimum atomic E-state index is -1.93. The molecule has 0 aromatic heterocycles. The van der Waals surface area contributed by atoms with Crippen LogP contribution in [0.1, 0.15) is 20.8 Å². The Morgan fingerprint density at radius 2 is 2.00 bits per heavy atom. The summed E-state index contributed by atoms with van der Waals surface area (Å²) >= 11 is 0. The Bertz CT molecular complexity index is 338. The summed E-state index contributed by atoms with van der Waals surface area (Å²) in [6.07, 6.45) is 0. The van der Waals surface area contributed by atoms with E-state index in [0.29, 0.717) is 13.2 Å². The van der Waals surface area contributed by atoms with Crippen molar-refractivity contribution in [2.75, 3.05) is 19.8 Å². The Balaban J connectivity index is 2.69. The molecule has 0 unspecified atom stereocenters. The molecule has 1 heterocycles. The second-order valence-electron chi connectivity index (χ2n) is 5.85. The van der Waals surface area contributed by atoms with Crippen molar-refractivity contribution >= 4 is 8.32 Å². The van der Waals surface area contributed by atoms with Gasteiger partial charge in [0.2, 0.25) is 0 Å². The van der Waals surface area contributed by atoms with Crippen molar-refractivity contribution in [2.24, 2.45) is 0 Å². The molecule has 17 heavy (non-hydrogen) atoms. The third kappa shape index (κ3) is 3.37. The van der Waals surface area contributed by atoms with E-state index >= 15 is 0 Å². The molecule has 1 saturated heterocycles. The quantitative estimate of drug-likeness (QED) is 0.442. The van der Waals surface area contributed by atoms with Crippen LogP contribution in [0.2, 0.25) is 18.1 Å². The average molecular weight is 259 g/mol. The maximum absolute atomic E-state index is 10.9. The number of nitrogens with zero attached hydrogens (tertiary/aromatic N) is 1. The van der Waals surface area contributed by atoms with Crippen LogP contribution in [-0.4, -0.2) is 33.1 Å². The summed E-state index contributed by atoms with van der Waals surface area (Å²) < 4.78 is 10.8. The van der Waals surface area contributed by atoms with Crippen LogP contribution < -0.4 is 0 Å². The lowest BCUT2D eigenvalue weighted by molar-refractivity contribution is -0.432. The summed E-state index contributed by atoms with van der Waals surface area (Å²) in [6.45, 7) is 11.4. The first kappa shape index (κ1) is 14.3. The molecule has 6 heteroatoms. The fourth-order valence-electron chi connectivity index (χ4n) is 1.12. The van der Waals surface area contributed by atoms with Crippen molar-refractivity contribution in [3.8, 4) is 0 Å². The van der Waals surface area contributed by atoms with E-state index in [1.807, 2.05) is 0 Å². The molecule has 0 N–H and O–H groups in total. The first-order valence-electron chi connectivity index (χ1n) is 5.72. The maximum atomic E-state index is 10.9. The van der Waals surface area contributed by atoms with E-state index in [1.165, 1.54) is 0 Å². The van der Waals surface area contributed by atoms with E-state index in [4.69, 9.17) is 9.16 Å². The molecule has 0 bridgehead atoms. The highest BCUT2D eigenvalue weighted by atomic mass is 28.4. The Morgan fingerprint density at radius 1 is 1.47 bits per heavy atom. The highest BCUT2D eigenvalue weighted by Gasteiger charge is 2.38. The minimum absolute atomic E-state index is 0.0650. The van der Waals surface area contributed by atoms with Crippen molar-refractivity contribution in [3.05, 3.63) is 21.4 Å². The molecule has 1 rings (SSSR count). The lowest BCUT2D eigenvalue weighted by atomic mass is 10.2. The molecule has 1 fully saturated rings. The van der Waals surface area contributed by atoms with Crippen molar-refractivity contribution < 1.29 is 14.1 Å². The van der Waals surface area contributed by atoms with E-state index < -0.39 is 8.32 Å². The van der Waals surface area contributed by atoms with Crippen LogP contribution in [-0.2, 0) is 9.16 Å². The summed E-state index contributed by atoms with van der Waals surface area (Å²) in [6, 6.07) is 0. The fraction of sp³-hybridized carbons (Fsp3) is 0.818. The summed E-state index contributed by atoms with van der Waals surface area (Å²) in [5, 5.41) is 11.0. The second-order valence-corrected chi connectivity index (χ2v) is 10.7. The topological polar surface area (TPSA) is 61.6 Å². The molecule has 0 aromatic rings. The molecular weight excluding hydrogens is 238 g/mol. The molecule has 0 saturated carbocycles. The SMILES string of the molecule is CC(C)(C)[Si](C)(C)OCC(=C1COC1)[N+](=O)[O-]. The van der Waals surface area contributed by atoms with E-state index in [2.05, 4.69) is 33.9 Å². The lowest BCUT2D eigenvalue weighted by Gasteiger charge is -2.35. The van der Waals surface area contributed by atoms with Crippen molar-refractivity contribution in [2.45, 2.75) is 38.9 Å². The first-order valence-corrected chi connectivity index (χ1v) is 8.63. The predicted molar refractivity (Wildman–Crippen MR) is 68.0 cm³/mol. The molecule has 0 amide bonds. The van der Waals surface area contributed by atoms with Crippen LogP contribution in [0.4, 0.5) is 0 Å². The predicted octanol–water partition coefficient (Wildman–Crippen LogP) is 2.57. The third-order valence-electron chi connectivity index (χ3n) is 3.56. The number of hydrogen-bond acceptors (Lipinski definition) is 4. The maximum Gasteiger partial charge on any atom is 0.274 e. The van der Waals surface area contributed by atoms with Gasteiger partial charge in [-0.3, -0.25) is 10.1 Å². The Kier molecular flexibility index (Phi) is 4.11. The average Bonchev–Trinajstić information content (AvgIpc) is 2.06. The number of rotatable bonds is 4. The van der Waals surface area contributed by atoms with Crippen LogP contribution >= 0.6 is 0 Å². The number of ether oxygens (including phenoxy) is 1. The molecule has 1 aliphatic rings. The zero-order chi connectivity index (χ0) is 13.3. The van der Waals surface area contributed by atoms with Gasteiger partial charge in [0.05, 0.1) is 23.7 Å². The van der Waals surface area contributed by atoms with Crippen molar-refractivity contribution in [1.29, 1.82) is 0 Å². The van der Waals surface area contributed by atoms with Crippen LogP contribution in [0, 0.1) is 10.1 Å². The smallest absolute Gasteiger partial charge is 0.274 e. The molecule has 0 spiro atoms. The molecule has 0 atom stereocenters. The molecular formula is C11H21NO4Si. The second kappa shape index (κ2) is 4.87. The van der Waals surface area contributed by atoms with Gasteiger partial charge in [-0.05, 0) is 18.1 Å². The standard InChI is InChI=1S/C11H21NO4Si/c1-11(2,3)17(4,5)16-8-10(12(13)14)9-6-15-7-9/h6-8H2,1-5H3. The van der Waals surface area contributed by atoms with Gasteiger partial charge in [0.25, 0.3) is 5.70 Å². The van der Waals surface area contributed by atoms with Crippen LogP contribution in [0.15, 0.2) is 11.3 Å². The van der Waals surface area contributed by atoms with Gasteiger partial charge in [-0.2, -0.15) is 0 Å². The normalized spacial score (nSPS) is 16.6. The van der Waals surface area contributed by atoms with E-state index in [0.717, 1.165) is 5.57 Å². The highest BCUT2D eigenvalue weighted by molar-refractivity contribution is 6.74. The zero-order valence-electron chi connectivity index (χ0n) is 11.2. The number of hydrogen-bond donors (Lipinski definition) is 0. The molecule has 5 nitrogen and oxygen atoms in total. The number of nitro groups is 1. The van der Waals surface area contributed by atoms with Gasteiger partial charge >= 0.3 is 0 Å². The van der Waals surface area contributed by atoms with Gasteiger partial charge in [-0.15, -0.1) is 0 Å². The Hall–Kier alpha value is -0.723. The van der Waals surface area contributed by atoms with Crippen molar-refractivity contribution in [1.82, 2.24) is 0 Å². The van der Waals surface area contributed by atoms with Gasteiger partial charge < -0.3 is 9.16 Å². The summed E-state index contributed by atoms with van der Waals surface area (Å²) in [5.41, 5.74) is 0.940. The monoisotopic (exact) mass is 259 g/mol. The third-order valence-corrected chi connectivity index (χ3v) is 8.04. The molecule has 1 aliphatic heterocycles. The van der Waals surface area contributed by atoms with Crippen molar-refractivity contribution in [3.63, 3.8) is 0 Å². The lowest BCUT2D eigenvalue weighted by Crippen LogP contribution is -2.42. The molecule has 98 valence electrons. The molecule has 0 aliphatic carbocycles. The van der Waals surface area contributed by atoms with Crippen LogP contribution in [0.25, 0.3) is 0 Å². The summed E-state index contributed by atoms with van der Waals surface area (Å²) in [5.74, 6) is 0. The van der Waals surface area contributed by atoms with Crippen LogP contribution in [0.3, 0.4) is 0 Å². The first-order chi connectivity index (χ1) is 7.65. The molecule has 0 aromatic carbocycles. The minimum Gasteiger partial charge on any atom is -0.406 e. The van der Waals surface area contributed by atoms with Gasteiger partial charge in [-0.25, -0.2) is 0 Å². The molecule has 0 radical (unpaired) electrons. The zero-order valence-corrected chi connectivity index (χ0v) is 12.2. The van der Waals surface area contributed by atoms with Gasteiger partial charge in [0, 0.05) is 0 Å². The van der Waals surface area contributed by atoms with E-state index in [-0.39, 0.29) is 22.3 Å². The summed E-state index contributed by atoms with van der Waals surface area (Å²) in [7, 11) is -1.93. The van der Waals surface area contributed by atoms with Gasteiger partial charge in [0.15, 0.2) is 8.32 Å². The highest BCUT2D eigenvalue weighted by Crippen LogP contribution is 2.37. The van der Waals surface area contributed by atoms with Crippen LogP contribution in [0.5, 0.6) is 0 Å². The van der Waals surface area contributed by atoms with Gasteiger partial charge in [0.1, 0.15) is 6.61 Å². The van der Waals surface area contributed by atoms with Gasteiger partial charge in [-0.1, -0.05) is 20.8 Å². The Morgan fingerprint density at radius 3 is 2.29 bits per heavy atom. The Labute approximate surface area is 103 Å².